The Kier molecular flexibility index (Phi) is 5.17. The lowest BCUT2D eigenvalue weighted by atomic mass is 10.0. The zero-order valence-electron chi connectivity index (χ0n) is 17.0. The van der Waals surface area contributed by atoms with Crippen LogP contribution in [0, 0.1) is 24.7 Å². The largest absolute Gasteiger partial charge is 0.366 e. The summed E-state index contributed by atoms with van der Waals surface area (Å²) in [6.07, 6.45) is 5.66. The second kappa shape index (κ2) is 7.58. The molecule has 1 unspecified atom stereocenters. The molecule has 4 atom stereocenters. The second-order valence-corrected chi connectivity index (χ2v) is 8.67. The average Bonchev–Trinajstić information content (AvgIpc) is 3.29. The molecular weight excluding hydrogens is 336 g/mol. The van der Waals surface area contributed by atoms with Crippen LogP contribution in [0.1, 0.15) is 38.7 Å². The summed E-state index contributed by atoms with van der Waals surface area (Å²) in [6, 6.07) is 4.63. The van der Waals surface area contributed by atoms with Crippen LogP contribution < -0.4 is 5.32 Å². The minimum absolute atomic E-state index is 0.532. The molecule has 6 nitrogen and oxygen atoms in total. The van der Waals surface area contributed by atoms with Crippen LogP contribution in [0.3, 0.4) is 0 Å². The highest BCUT2D eigenvalue weighted by Crippen LogP contribution is 2.39. The van der Waals surface area contributed by atoms with E-state index in [1.165, 1.54) is 38.9 Å². The number of aromatic nitrogens is 4. The van der Waals surface area contributed by atoms with Crippen molar-refractivity contribution in [3.8, 4) is 11.4 Å². The van der Waals surface area contributed by atoms with E-state index >= 15 is 0 Å². The van der Waals surface area contributed by atoms with Crippen LogP contribution in [0.4, 0.5) is 5.82 Å². The fraction of sp³-hybridized carbons (Fsp3) is 0.667. The Hall–Kier alpha value is -1.95. The summed E-state index contributed by atoms with van der Waals surface area (Å²) in [5, 5.41) is 16.8. The first-order valence-corrected chi connectivity index (χ1v) is 10.3. The van der Waals surface area contributed by atoms with Gasteiger partial charge in [0.05, 0.1) is 11.9 Å². The number of likely N-dealkylation sites (tertiary alicyclic amines) is 1. The number of nitrogens with one attached hydrogen (secondary N) is 1. The molecule has 0 spiro atoms. The molecule has 2 aromatic rings. The van der Waals surface area contributed by atoms with Crippen molar-refractivity contribution in [2.24, 2.45) is 24.8 Å². The van der Waals surface area contributed by atoms with Gasteiger partial charge in [-0.05, 0) is 55.2 Å². The summed E-state index contributed by atoms with van der Waals surface area (Å²) in [5.74, 6) is 3.39. The summed E-state index contributed by atoms with van der Waals surface area (Å²) < 4.78 is 1.86. The van der Waals surface area contributed by atoms with Gasteiger partial charge in [0.1, 0.15) is 11.5 Å². The SMILES string of the molecule is CCC(C)CN1C[C@H]2C[C@H](Nc3ccc(-c4c(C)cnn4C)nn3)C[C@H]2C1. The van der Waals surface area contributed by atoms with Gasteiger partial charge < -0.3 is 10.2 Å². The van der Waals surface area contributed by atoms with Gasteiger partial charge in [-0.15, -0.1) is 10.2 Å². The first-order chi connectivity index (χ1) is 13.0. The lowest BCUT2D eigenvalue weighted by Crippen LogP contribution is -2.29. The molecule has 1 saturated heterocycles. The fourth-order valence-corrected chi connectivity index (χ4v) is 4.89. The average molecular weight is 369 g/mol. The van der Waals surface area contributed by atoms with Crippen LogP contribution >= 0.6 is 0 Å². The quantitative estimate of drug-likeness (QED) is 0.847. The van der Waals surface area contributed by atoms with Crippen molar-refractivity contribution in [1.82, 2.24) is 24.9 Å². The van der Waals surface area contributed by atoms with Crippen molar-refractivity contribution < 1.29 is 0 Å². The fourth-order valence-electron chi connectivity index (χ4n) is 4.89. The van der Waals surface area contributed by atoms with Gasteiger partial charge >= 0.3 is 0 Å². The van der Waals surface area contributed by atoms with E-state index in [2.05, 4.69) is 52.4 Å². The van der Waals surface area contributed by atoms with E-state index in [1.807, 2.05) is 24.0 Å². The van der Waals surface area contributed by atoms with Crippen molar-refractivity contribution in [3.63, 3.8) is 0 Å². The van der Waals surface area contributed by atoms with Crippen LogP contribution in [0.15, 0.2) is 18.3 Å². The Balaban J connectivity index is 1.33. The summed E-state index contributed by atoms with van der Waals surface area (Å²) in [5.41, 5.74) is 3.03. The molecule has 6 heteroatoms. The topological polar surface area (TPSA) is 58.9 Å². The van der Waals surface area contributed by atoms with Gasteiger partial charge in [0, 0.05) is 32.7 Å². The maximum Gasteiger partial charge on any atom is 0.148 e. The number of aryl methyl sites for hydroxylation is 2. The lowest BCUT2D eigenvalue weighted by Gasteiger charge is -2.22. The summed E-state index contributed by atoms with van der Waals surface area (Å²) in [7, 11) is 1.94. The third kappa shape index (κ3) is 3.86. The molecular formula is C21H32N6. The van der Waals surface area contributed by atoms with Crippen molar-refractivity contribution in [2.45, 2.75) is 46.1 Å². The molecule has 1 aliphatic carbocycles. The molecule has 1 aliphatic heterocycles. The van der Waals surface area contributed by atoms with Crippen LogP contribution in [0.5, 0.6) is 0 Å². The maximum atomic E-state index is 4.43. The van der Waals surface area contributed by atoms with Crippen molar-refractivity contribution in [1.29, 1.82) is 0 Å². The standard InChI is InChI=1S/C21H32N6/c1-5-14(2)11-27-12-16-8-18(9-17(16)13-27)23-20-7-6-19(24-25-20)21-15(3)10-22-26(21)4/h6-7,10,14,16-18H,5,8-9,11-13H2,1-4H3,(H,23,25)/t14?,16-,17+,18+. The van der Waals surface area contributed by atoms with E-state index in [0.717, 1.165) is 40.5 Å². The molecule has 2 aliphatic rings. The third-order valence-corrected chi connectivity index (χ3v) is 6.47. The second-order valence-electron chi connectivity index (χ2n) is 8.67. The molecule has 2 fully saturated rings. The summed E-state index contributed by atoms with van der Waals surface area (Å²) in [6.45, 7) is 10.5. The normalized spacial score (nSPS) is 26.3. The van der Waals surface area contributed by atoms with Crippen LogP contribution in [0.2, 0.25) is 0 Å². The van der Waals surface area contributed by atoms with E-state index < -0.39 is 0 Å². The highest BCUT2D eigenvalue weighted by atomic mass is 15.3. The first kappa shape index (κ1) is 18.4. The molecule has 0 aromatic carbocycles. The Labute approximate surface area is 162 Å². The molecule has 1 saturated carbocycles. The third-order valence-electron chi connectivity index (χ3n) is 6.47. The number of fused-ring (bicyclic) bond motifs is 1. The van der Waals surface area contributed by atoms with Gasteiger partial charge in [-0.25, -0.2) is 0 Å². The predicted molar refractivity (Wildman–Crippen MR) is 108 cm³/mol. The minimum atomic E-state index is 0.532. The van der Waals surface area contributed by atoms with Crippen LogP contribution in [-0.2, 0) is 7.05 Å². The molecule has 1 N–H and O–H groups in total. The molecule has 0 bridgehead atoms. The molecule has 0 amide bonds. The smallest absolute Gasteiger partial charge is 0.148 e. The van der Waals surface area contributed by atoms with E-state index in [9.17, 15) is 0 Å². The number of anilines is 1. The van der Waals surface area contributed by atoms with Gasteiger partial charge in [0.15, 0.2) is 0 Å². The summed E-state index contributed by atoms with van der Waals surface area (Å²) >= 11 is 0. The first-order valence-electron chi connectivity index (χ1n) is 10.3. The maximum absolute atomic E-state index is 4.43. The van der Waals surface area contributed by atoms with Gasteiger partial charge in [0.2, 0.25) is 0 Å². The number of hydrogen-bond acceptors (Lipinski definition) is 5. The molecule has 27 heavy (non-hydrogen) atoms. The highest BCUT2D eigenvalue weighted by Gasteiger charge is 2.40. The highest BCUT2D eigenvalue weighted by molar-refractivity contribution is 5.59. The zero-order valence-corrected chi connectivity index (χ0v) is 17.0. The van der Waals surface area contributed by atoms with Gasteiger partial charge in [-0.3, -0.25) is 4.68 Å². The van der Waals surface area contributed by atoms with E-state index in [1.54, 1.807) is 0 Å². The van der Waals surface area contributed by atoms with Gasteiger partial charge in [0.25, 0.3) is 0 Å². The Morgan fingerprint density at radius 3 is 2.48 bits per heavy atom. The van der Waals surface area contributed by atoms with E-state index in [4.69, 9.17) is 0 Å². The Morgan fingerprint density at radius 2 is 1.93 bits per heavy atom. The van der Waals surface area contributed by atoms with E-state index in [0.29, 0.717) is 6.04 Å². The lowest BCUT2D eigenvalue weighted by molar-refractivity contribution is 0.263. The number of rotatable bonds is 6. The molecule has 3 heterocycles. The number of hydrogen-bond donors (Lipinski definition) is 1. The van der Waals surface area contributed by atoms with Crippen molar-refractivity contribution in [3.05, 3.63) is 23.9 Å². The van der Waals surface area contributed by atoms with E-state index in [-0.39, 0.29) is 0 Å². The Morgan fingerprint density at radius 1 is 1.19 bits per heavy atom. The molecule has 0 radical (unpaired) electrons. The zero-order chi connectivity index (χ0) is 19.0. The predicted octanol–water partition coefficient (Wildman–Crippen LogP) is 3.35. The monoisotopic (exact) mass is 368 g/mol. The molecule has 2 aromatic heterocycles. The minimum Gasteiger partial charge on any atom is -0.366 e. The van der Waals surface area contributed by atoms with Gasteiger partial charge in [-0.1, -0.05) is 20.3 Å². The summed E-state index contributed by atoms with van der Waals surface area (Å²) in [4.78, 5) is 2.69. The Bertz CT molecular complexity index is 734. The van der Waals surface area contributed by atoms with Crippen molar-refractivity contribution in [2.75, 3.05) is 25.0 Å². The van der Waals surface area contributed by atoms with Crippen LogP contribution in [0.25, 0.3) is 11.4 Å². The van der Waals surface area contributed by atoms with Gasteiger partial charge in [-0.2, -0.15) is 5.10 Å². The van der Waals surface area contributed by atoms with Crippen molar-refractivity contribution >= 4 is 5.82 Å². The molecule has 146 valence electrons. The molecule has 4 rings (SSSR count). The number of nitrogens with zero attached hydrogens (tertiary/aromatic N) is 5. The van der Waals surface area contributed by atoms with Crippen LogP contribution in [-0.4, -0.2) is 50.6 Å².